The van der Waals surface area contributed by atoms with Crippen molar-refractivity contribution in [2.45, 2.75) is 50.2 Å². The SMILES string of the molecule is CS(=O)(=O)NC(=O)c1cc(N2CCC(N3CCOCC3)CC2)c2c(C3CCC3)nn(-c3cccc(C(F)(F)F)c3)c2n1. The first-order valence-corrected chi connectivity index (χ1v) is 16.1. The standard InChI is InChI=1S/C28H33F3N6O4S/c1-42(39,40)34-27(38)22-17-23(36-10-8-20(9-11-36)35-12-14-41-15-13-35)24-25(18-4-2-5-18)33-37(26(24)32-22)21-7-3-6-19(16-21)28(29,30)31/h3,6-7,16-18,20H,2,4-5,8-15H2,1H3,(H,34,38). The summed E-state index contributed by atoms with van der Waals surface area (Å²) in [6.07, 6.45) is 0.894. The number of rotatable bonds is 6. The molecule has 0 radical (unpaired) electrons. The molecule has 0 bridgehead atoms. The summed E-state index contributed by atoms with van der Waals surface area (Å²) in [6.45, 7) is 4.57. The van der Waals surface area contributed by atoms with E-state index in [1.54, 1.807) is 6.07 Å². The van der Waals surface area contributed by atoms with Crippen molar-refractivity contribution in [3.05, 3.63) is 47.3 Å². The molecule has 226 valence electrons. The number of nitrogens with zero attached hydrogens (tertiary/aromatic N) is 5. The van der Waals surface area contributed by atoms with E-state index in [9.17, 15) is 26.4 Å². The average molecular weight is 607 g/mol. The fraction of sp³-hybridized carbons (Fsp3) is 0.536. The summed E-state index contributed by atoms with van der Waals surface area (Å²) < 4.78 is 73.5. The van der Waals surface area contributed by atoms with Crippen molar-refractivity contribution < 1.29 is 31.1 Å². The van der Waals surface area contributed by atoms with Gasteiger partial charge >= 0.3 is 6.18 Å². The molecule has 4 heterocycles. The maximum atomic E-state index is 13.6. The Hall–Kier alpha value is -3.23. The second-order valence-electron chi connectivity index (χ2n) is 11.3. The minimum atomic E-state index is -4.56. The molecule has 1 amide bonds. The van der Waals surface area contributed by atoms with Gasteiger partial charge in [-0.3, -0.25) is 9.69 Å². The number of carbonyl (C=O) groups excluding carboxylic acids is 1. The van der Waals surface area contributed by atoms with Gasteiger partial charge in [0.25, 0.3) is 5.91 Å². The lowest BCUT2D eigenvalue weighted by Crippen LogP contribution is -2.49. The average Bonchev–Trinajstić information content (AvgIpc) is 3.30. The predicted molar refractivity (Wildman–Crippen MR) is 150 cm³/mol. The molecule has 42 heavy (non-hydrogen) atoms. The number of halogens is 3. The van der Waals surface area contributed by atoms with E-state index in [1.165, 1.54) is 16.8 Å². The molecule has 1 aromatic carbocycles. The highest BCUT2D eigenvalue weighted by atomic mass is 32.2. The molecule has 3 aromatic rings. The van der Waals surface area contributed by atoms with E-state index in [1.807, 2.05) is 4.72 Å². The summed E-state index contributed by atoms with van der Waals surface area (Å²) in [4.78, 5) is 22.2. The predicted octanol–water partition coefficient (Wildman–Crippen LogP) is 3.70. The molecule has 2 aliphatic heterocycles. The molecule has 1 aliphatic carbocycles. The van der Waals surface area contributed by atoms with Gasteiger partial charge in [-0.15, -0.1) is 0 Å². The van der Waals surface area contributed by atoms with E-state index in [-0.39, 0.29) is 22.9 Å². The first kappa shape index (κ1) is 28.9. The molecular formula is C28H33F3N6O4S. The lowest BCUT2D eigenvalue weighted by Gasteiger charge is -2.41. The monoisotopic (exact) mass is 606 g/mol. The lowest BCUT2D eigenvalue weighted by atomic mass is 9.82. The molecule has 6 rings (SSSR count). The van der Waals surface area contributed by atoms with Gasteiger partial charge in [-0.05, 0) is 49.9 Å². The second-order valence-corrected chi connectivity index (χ2v) is 13.0. The van der Waals surface area contributed by atoms with Crippen LogP contribution < -0.4 is 9.62 Å². The Balaban J connectivity index is 1.47. The number of hydrogen-bond donors (Lipinski definition) is 1. The van der Waals surface area contributed by atoms with Gasteiger partial charge in [0.2, 0.25) is 10.0 Å². The number of pyridine rings is 1. The van der Waals surface area contributed by atoms with Gasteiger partial charge in [0.1, 0.15) is 5.69 Å². The maximum absolute atomic E-state index is 13.6. The van der Waals surface area contributed by atoms with Crippen LogP contribution in [0.4, 0.5) is 18.9 Å². The van der Waals surface area contributed by atoms with Crippen LogP contribution in [0, 0.1) is 0 Å². The summed E-state index contributed by atoms with van der Waals surface area (Å²) in [5.74, 6) is -0.799. The topological polar surface area (TPSA) is 110 Å². The molecule has 2 saturated heterocycles. The van der Waals surface area contributed by atoms with Gasteiger partial charge in [0, 0.05) is 38.1 Å². The van der Waals surface area contributed by atoms with Crippen LogP contribution in [-0.4, -0.2) is 85.7 Å². The summed E-state index contributed by atoms with van der Waals surface area (Å²) in [5.41, 5.74) is 0.839. The van der Waals surface area contributed by atoms with Crippen molar-refractivity contribution in [1.29, 1.82) is 0 Å². The summed E-state index contributed by atoms with van der Waals surface area (Å²) in [6, 6.07) is 6.82. The third-order valence-electron chi connectivity index (χ3n) is 8.43. The zero-order chi connectivity index (χ0) is 29.6. The largest absolute Gasteiger partial charge is 0.416 e. The van der Waals surface area contributed by atoms with E-state index >= 15 is 0 Å². The second kappa shape index (κ2) is 11.1. The molecule has 0 spiro atoms. The smallest absolute Gasteiger partial charge is 0.379 e. The van der Waals surface area contributed by atoms with Crippen LogP contribution >= 0.6 is 0 Å². The Bertz CT molecular complexity index is 1590. The highest BCUT2D eigenvalue weighted by Crippen LogP contribution is 2.43. The van der Waals surface area contributed by atoms with Gasteiger partial charge in [0.05, 0.1) is 47.5 Å². The highest BCUT2D eigenvalue weighted by Gasteiger charge is 2.34. The number of sulfonamides is 1. The van der Waals surface area contributed by atoms with Crippen molar-refractivity contribution in [3.8, 4) is 5.69 Å². The third-order valence-corrected chi connectivity index (χ3v) is 8.99. The van der Waals surface area contributed by atoms with E-state index in [0.29, 0.717) is 43.4 Å². The summed E-state index contributed by atoms with van der Waals surface area (Å²) in [5, 5.41) is 5.50. The van der Waals surface area contributed by atoms with Crippen LogP contribution in [0.5, 0.6) is 0 Å². The number of amides is 1. The number of fused-ring (bicyclic) bond motifs is 1. The van der Waals surface area contributed by atoms with Gasteiger partial charge in [0.15, 0.2) is 5.65 Å². The normalized spacial score (nSPS) is 19.7. The number of nitrogens with one attached hydrogen (secondary N) is 1. The van der Waals surface area contributed by atoms with Gasteiger partial charge < -0.3 is 9.64 Å². The molecule has 0 unspecified atom stereocenters. The highest BCUT2D eigenvalue weighted by molar-refractivity contribution is 7.89. The Morgan fingerprint density at radius 3 is 2.38 bits per heavy atom. The molecule has 0 atom stereocenters. The van der Waals surface area contributed by atoms with Gasteiger partial charge in [-0.25, -0.2) is 22.8 Å². The molecule has 1 saturated carbocycles. The lowest BCUT2D eigenvalue weighted by molar-refractivity contribution is -0.137. The van der Waals surface area contributed by atoms with Crippen LogP contribution in [0.25, 0.3) is 16.7 Å². The number of alkyl halides is 3. The van der Waals surface area contributed by atoms with E-state index in [4.69, 9.17) is 9.84 Å². The van der Waals surface area contributed by atoms with Crippen molar-refractivity contribution >= 4 is 32.7 Å². The van der Waals surface area contributed by atoms with Crippen molar-refractivity contribution in [3.63, 3.8) is 0 Å². The Morgan fingerprint density at radius 1 is 1.05 bits per heavy atom. The van der Waals surface area contributed by atoms with E-state index in [2.05, 4.69) is 14.8 Å². The molecular weight excluding hydrogens is 573 g/mol. The minimum absolute atomic E-state index is 0.113. The van der Waals surface area contributed by atoms with Gasteiger partial charge in [-0.2, -0.15) is 18.3 Å². The molecule has 3 fully saturated rings. The number of hydrogen-bond acceptors (Lipinski definition) is 8. The van der Waals surface area contributed by atoms with Crippen LogP contribution in [-0.2, 0) is 20.9 Å². The fourth-order valence-electron chi connectivity index (χ4n) is 6.08. The first-order chi connectivity index (χ1) is 20.0. The summed E-state index contributed by atoms with van der Waals surface area (Å²) in [7, 11) is -3.89. The summed E-state index contributed by atoms with van der Waals surface area (Å²) >= 11 is 0. The van der Waals surface area contributed by atoms with Crippen LogP contribution in [0.3, 0.4) is 0 Å². The number of benzene rings is 1. The Morgan fingerprint density at radius 2 is 1.76 bits per heavy atom. The molecule has 1 N–H and O–H groups in total. The number of morpholine rings is 1. The molecule has 2 aromatic heterocycles. The van der Waals surface area contributed by atoms with Crippen LogP contribution in [0.2, 0.25) is 0 Å². The first-order valence-electron chi connectivity index (χ1n) is 14.2. The van der Waals surface area contributed by atoms with Crippen LogP contribution in [0.1, 0.15) is 59.8 Å². The fourth-order valence-corrected chi connectivity index (χ4v) is 6.53. The van der Waals surface area contributed by atoms with Crippen LogP contribution in [0.15, 0.2) is 30.3 Å². The van der Waals surface area contributed by atoms with Crippen molar-refractivity contribution in [1.82, 2.24) is 24.4 Å². The number of piperidine rings is 1. The third kappa shape index (κ3) is 5.84. The zero-order valence-corrected chi connectivity index (χ0v) is 24.0. The maximum Gasteiger partial charge on any atom is 0.416 e. The number of anilines is 1. The molecule has 10 nitrogen and oxygen atoms in total. The number of carbonyl (C=O) groups is 1. The number of aromatic nitrogens is 3. The van der Waals surface area contributed by atoms with Crippen molar-refractivity contribution in [2.75, 3.05) is 50.5 Å². The minimum Gasteiger partial charge on any atom is -0.379 e. The Labute approximate surface area is 241 Å². The Kier molecular flexibility index (Phi) is 7.64. The quantitative estimate of drug-likeness (QED) is 0.453. The van der Waals surface area contributed by atoms with E-state index in [0.717, 1.165) is 69.3 Å². The number of ether oxygens (including phenoxy) is 1. The molecule has 3 aliphatic rings. The zero-order valence-electron chi connectivity index (χ0n) is 23.2. The molecule has 14 heteroatoms. The van der Waals surface area contributed by atoms with Crippen molar-refractivity contribution in [2.24, 2.45) is 0 Å². The van der Waals surface area contributed by atoms with E-state index < -0.39 is 27.7 Å². The van der Waals surface area contributed by atoms with Gasteiger partial charge in [-0.1, -0.05) is 12.5 Å².